The second-order valence-electron chi connectivity index (χ2n) is 6.52. The summed E-state index contributed by atoms with van der Waals surface area (Å²) in [5.74, 6) is 0.0231. The predicted molar refractivity (Wildman–Crippen MR) is 102 cm³/mol. The number of rotatable bonds is 4. The zero-order valence-electron chi connectivity index (χ0n) is 13.9. The molecule has 0 saturated heterocycles. The molecular weight excluding hydrogens is 347 g/mol. The van der Waals surface area contributed by atoms with Crippen molar-refractivity contribution in [3.05, 3.63) is 30.6 Å². The average Bonchev–Trinajstić information content (AvgIpc) is 2.90. The minimum Gasteiger partial charge on any atom is -0.354 e. The molecule has 5 nitrogen and oxygen atoms in total. The lowest BCUT2D eigenvalue weighted by Gasteiger charge is -2.37. The van der Waals surface area contributed by atoms with E-state index >= 15 is 0 Å². The predicted octanol–water partition coefficient (Wildman–Crippen LogP) is 2.90. The molecule has 2 atom stereocenters. The van der Waals surface area contributed by atoms with Gasteiger partial charge in [0.2, 0.25) is 5.91 Å². The number of hydrogen-bond acceptors (Lipinski definition) is 3. The largest absolute Gasteiger partial charge is 0.354 e. The van der Waals surface area contributed by atoms with Crippen molar-refractivity contribution in [2.75, 3.05) is 6.54 Å². The Kier molecular flexibility index (Phi) is 7.52. The Morgan fingerprint density at radius 1 is 1.38 bits per heavy atom. The molecule has 0 aliphatic heterocycles. The van der Waals surface area contributed by atoms with E-state index in [-0.39, 0.29) is 42.2 Å². The van der Waals surface area contributed by atoms with E-state index in [1.54, 1.807) is 0 Å². The molecule has 1 amide bonds. The molecule has 1 heterocycles. The molecule has 1 aliphatic carbocycles. The standard InChI is InChI=1S/C17H24N4O.2ClH/c1-17(18)9-5-4-6-13(17)16(22)19-10-11-21-12-20-14-7-2-3-8-15(14)21;;/h2-3,7-8,12-13H,4-6,9-11,18H2,1H3,(H,19,22);2*1H. The van der Waals surface area contributed by atoms with Crippen molar-refractivity contribution in [2.45, 2.75) is 44.7 Å². The number of carbonyl (C=O) groups excluding carboxylic acids is 1. The number of nitrogens with one attached hydrogen (secondary N) is 1. The monoisotopic (exact) mass is 372 g/mol. The molecule has 3 rings (SSSR count). The average molecular weight is 373 g/mol. The maximum Gasteiger partial charge on any atom is 0.225 e. The SMILES string of the molecule is CC1(N)CCCCC1C(=O)NCCn1cnc2ccccc21.Cl.Cl. The summed E-state index contributed by atoms with van der Waals surface area (Å²) in [6, 6.07) is 8.02. The zero-order chi connectivity index (χ0) is 15.6. The van der Waals surface area contributed by atoms with Crippen LogP contribution < -0.4 is 11.1 Å². The minimum atomic E-state index is -0.371. The van der Waals surface area contributed by atoms with E-state index in [2.05, 4.69) is 14.9 Å². The normalized spacial score (nSPS) is 23.2. The van der Waals surface area contributed by atoms with Crippen LogP contribution in [0.5, 0.6) is 0 Å². The van der Waals surface area contributed by atoms with E-state index in [9.17, 15) is 4.79 Å². The molecular formula is C17H26Cl2N4O. The topological polar surface area (TPSA) is 72.9 Å². The molecule has 1 aliphatic rings. The molecule has 134 valence electrons. The van der Waals surface area contributed by atoms with Crippen molar-refractivity contribution in [1.29, 1.82) is 0 Å². The summed E-state index contributed by atoms with van der Waals surface area (Å²) in [6.07, 6.45) is 5.86. The number of benzene rings is 1. The van der Waals surface area contributed by atoms with Gasteiger partial charge in [0.1, 0.15) is 0 Å². The van der Waals surface area contributed by atoms with Gasteiger partial charge in [-0.1, -0.05) is 25.0 Å². The van der Waals surface area contributed by atoms with Crippen molar-refractivity contribution in [3.8, 4) is 0 Å². The fourth-order valence-electron chi connectivity index (χ4n) is 3.40. The van der Waals surface area contributed by atoms with Crippen molar-refractivity contribution < 1.29 is 4.79 Å². The van der Waals surface area contributed by atoms with E-state index in [0.717, 1.165) is 43.3 Å². The smallest absolute Gasteiger partial charge is 0.225 e. The first-order valence-electron chi connectivity index (χ1n) is 8.04. The van der Waals surface area contributed by atoms with Crippen LogP contribution in [0.2, 0.25) is 0 Å². The summed E-state index contributed by atoms with van der Waals surface area (Å²) < 4.78 is 2.07. The van der Waals surface area contributed by atoms with Gasteiger partial charge in [0.15, 0.2) is 0 Å². The lowest BCUT2D eigenvalue weighted by Crippen LogP contribution is -2.53. The van der Waals surface area contributed by atoms with Crippen LogP contribution in [-0.2, 0) is 11.3 Å². The molecule has 1 fully saturated rings. The third-order valence-electron chi connectivity index (χ3n) is 4.75. The lowest BCUT2D eigenvalue weighted by molar-refractivity contribution is -0.128. The first-order valence-corrected chi connectivity index (χ1v) is 8.04. The molecule has 2 unspecified atom stereocenters. The van der Waals surface area contributed by atoms with Crippen molar-refractivity contribution in [2.24, 2.45) is 11.7 Å². The summed E-state index contributed by atoms with van der Waals surface area (Å²) in [4.78, 5) is 16.7. The Morgan fingerprint density at radius 3 is 2.88 bits per heavy atom. The summed E-state index contributed by atoms with van der Waals surface area (Å²) in [5.41, 5.74) is 7.99. The lowest BCUT2D eigenvalue weighted by atomic mass is 9.74. The van der Waals surface area contributed by atoms with E-state index in [4.69, 9.17) is 5.73 Å². The highest BCUT2D eigenvalue weighted by molar-refractivity contribution is 5.85. The maximum atomic E-state index is 12.4. The Hall–Kier alpha value is -1.30. The van der Waals surface area contributed by atoms with Crippen LogP contribution in [0, 0.1) is 5.92 Å². The zero-order valence-corrected chi connectivity index (χ0v) is 15.5. The molecule has 0 bridgehead atoms. The minimum absolute atomic E-state index is 0. The van der Waals surface area contributed by atoms with Gasteiger partial charge < -0.3 is 15.6 Å². The van der Waals surface area contributed by atoms with Gasteiger partial charge in [-0.3, -0.25) is 4.79 Å². The van der Waals surface area contributed by atoms with Crippen LogP contribution in [-0.4, -0.2) is 27.5 Å². The number of halogens is 2. The molecule has 24 heavy (non-hydrogen) atoms. The summed E-state index contributed by atoms with van der Waals surface area (Å²) in [5, 5.41) is 3.04. The number of nitrogens with two attached hydrogens (primary N) is 1. The van der Waals surface area contributed by atoms with Crippen LogP contribution in [0.25, 0.3) is 11.0 Å². The fourth-order valence-corrected chi connectivity index (χ4v) is 3.40. The second-order valence-corrected chi connectivity index (χ2v) is 6.52. The van der Waals surface area contributed by atoms with Crippen molar-refractivity contribution >= 4 is 41.8 Å². The summed E-state index contributed by atoms with van der Waals surface area (Å²) >= 11 is 0. The quantitative estimate of drug-likeness (QED) is 0.866. The fraction of sp³-hybridized carbons (Fsp3) is 0.529. The highest BCUT2D eigenvalue weighted by Crippen LogP contribution is 2.31. The summed E-state index contributed by atoms with van der Waals surface area (Å²) in [6.45, 7) is 3.33. The molecule has 1 aromatic heterocycles. The van der Waals surface area contributed by atoms with Gasteiger partial charge in [0.25, 0.3) is 0 Å². The number of imidazole rings is 1. The van der Waals surface area contributed by atoms with Crippen LogP contribution in [0.3, 0.4) is 0 Å². The molecule has 7 heteroatoms. The Morgan fingerprint density at radius 2 is 2.12 bits per heavy atom. The van der Waals surface area contributed by atoms with Crippen LogP contribution in [0.15, 0.2) is 30.6 Å². The highest BCUT2D eigenvalue weighted by Gasteiger charge is 2.37. The van der Waals surface area contributed by atoms with Gasteiger partial charge in [-0.15, -0.1) is 24.8 Å². The molecule has 1 aromatic carbocycles. The van der Waals surface area contributed by atoms with Crippen LogP contribution >= 0.6 is 24.8 Å². The maximum absolute atomic E-state index is 12.4. The van der Waals surface area contributed by atoms with Gasteiger partial charge in [0, 0.05) is 18.6 Å². The molecule has 2 aromatic rings. The first-order chi connectivity index (χ1) is 10.6. The van der Waals surface area contributed by atoms with E-state index in [1.807, 2.05) is 37.5 Å². The highest BCUT2D eigenvalue weighted by atomic mass is 35.5. The third-order valence-corrected chi connectivity index (χ3v) is 4.75. The van der Waals surface area contributed by atoms with E-state index in [1.165, 1.54) is 0 Å². The first kappa shape index (κ1) is 20.7. The number of hydrogen-bond donors (Lipinski definition) is 2. The summed E-state index contributed by atoms with van der Waals surface area (Å²) in [7, 11) is 0. The van der Waals surface area contributed by atoms with Gasteiger partial charge >= 0.3 is 0 Å². The van der Waals surface area contributed by atoms with Crippen molar-refractivity contribution in [3.63, 3.8) is 0 Å². The third kappa shape index (κ3) is 4.41. The Bertz CT molecular complexity index is 671. The van der Waals surface area contributed by atoms with Gasteiger partial charge in [-0.05, 0) is 31.9 Å². The van der Waals surface area contributed by atoms with E-state index in [0.29, 0.717) is 6.54 Å². The Labute approximate surface area is 155 Å². The number of para-hydroxylation sites is 2. The number of aromatic nitrogens is 2. The number of fused-ring (bicyclic) bond motifs is 1. The number of carbonyl (C=O) groups is 1. The van der Waals surface area contributed by atoms with Gasteiger partial charge in [0.05, 0.1) is 23.3 Å². The second kappa shape index (κ2) is 8.70. The molecule has 0 spiro atoms. The van der Waals surface area contributed by atoms with E-state index < -0.39 is 0 Å². The van der Waals surface area contributed by atoms with Crippen molar-refractivity contribution in [1.82, 2.24) is 14.9 Å². The van der Waals surface area contributed by atoms with Gasteiger partial charge in [-0.2, -0.15) is 0 Å². The van der Waals surface area contributed by atoms with Crippen LogP contribution in [0.4, 0.5) is 0 Å². The Balaban J connectivity index is 0.00000144. The number of amides is 1. The van der Waals surface area contributed by atoms with Crippen LogP contribution in [0.1, 0.15) is 32.6 Å². The molecule has 1 saturated carbocycles. The van der Waals surface area contributed by atoms with Gasteiger partial charge in [-0.25, -0.2) is 4.98 Å². The number of nitrogens with zero attached hydrogens (tertiary/aromatic N) is 2. The molecule has 3 N–H and O–H groups in total. The molecule has 0 radical (unpaired) electrons.